The predicted octanol–water partition coefficient (Wildman–Crippen LogP) is 2.84. The van der Waals surface area contributed by atoms with E-state index < -0.39 is 0 Å². The molecule has 2 aromatic rings. The first-order chi connectivity index (χ1) is 9.76. The Labute approximate surface area is 119 Å². The van der Waals surface area contributed by atoms with E-state index in [0.717, 1.165) is 23.8 Å². The highest BCUT2D eigenvalue weighted by atomic mass is 16.5. The monoisotopic (exact) mass is 269 g/mol. The molecule has 0 unspecified atom stereocenters. The lowest BCUT2D eigenvalue weighted by atomic mass is 10.2. The molecule has 2 N–H and O–H groups in total. The van der Waals surface area contributed by atoms with Crippen LogP contribution in [0.3, 0.4) is 0 Å². The van der Waals surface area contributed by atoms with Crippen molar-refractivity contribution in [2.75, 3.05) is 17.7 Å². The van der Waals surface area contributed by atoms with E-state index in [1.165, 1.54) is 18.4 Å². The van der Waals surface area contributed by atoms with Gasteiger partial charge >= 0.3 is 0 Å². The molecule has 1 aromatic heterocycles. The molecule has 20 heavy (non-hydrogen) atoms. The van der Waals surface area contributed by atoms with Crippen LogP contribution in [0.5, 0.6) is 5.75 Å². The minimum atomic E-state index is 0.595. The van der Waals surface area contributed by atoms with Crippen molar-refractivity contribution in [2.45, 2.75) is 25.4 Å². The van der Waals surface area contributed by atoms with Crippen LogP contribution < -0.4 is 15.4 Å². The maximum Gasteiger partial charge on any atom is 0.137 e. The molecule has 0 radical (unpaired) electrons. The van der Waals surface area contributed by atoms with Gasteiger partial charge in [0.05, 0.1) is 13.3 Å². The summed E-state index contributed by atoms with van der Waals surface area (Å²) in [6.45, 7) is 0.842. The van der Waals surface area contributed by atoms with Gasteiger partial charge in [0, 0.05) is 18.3 Å². The molecule has 1 aliphatic carbocycles. The van der Waals surface area contributed by atoms with E-state index >= 15 is 0 Å². The lowest BCUT2D eigenvalue weighted by Crippen LogP contribution is -2.25. The predicted molar refractivity (Wildman–Crippen MR) is 80.8 cm³/mol. The van der Waals surface area contributed by atoms with Gasteiger partial charge in [-0.2, -0.15) is 0 Å². The number of hydrogen-bond donors (Lipinski definition) is 1. The van der Waals surface area contributed by atoms with Crippen LogP contribution in [-0.2, 0) is 6.54 Å². The Morgan fingerprint density at radius 2 is 2.15 bits per heavy atom. The number of hydrogen-bond acceptors (Lipinski definition) is 4. The van der Waals surface area contributed by atoms with Crippen molar-refractivity contribution in [2.24, 2.45) is 0 Å². The fraction of sp³-hybridized carbons (Fsp3) is 0.312. The fourth-order valence-corrected chi connectivity index (χ4v) is 2.33. The van der Waals surface area contributed by atoms with E-state index in [-0.39, 0.29) is 0 Å². The number of ether oxygens (including phenoxy) is 1. The van der Waals surface area contributed by atoms with Gasteiger partial charge in [-0.1, -0.05) is 12.1 Å². The molecule has 0 amide bonds. The van der Waals surface area contributed by atoms with Gasteiger partial charge < -0.3 is 15.4 Å². The molecule has 0 atom stereocenters. The van der Waals surface area contributed by atoms with E-state index in [9.17, 15) is 0 Å². The molecule has 0 spiro atoms. The quantitative estimate of drug-likeness (QED) is 0.848. The average Bonchev–Trinajstić information content (AvgIpc) is 3.30. The number of nitrogen functional groups attached to an aromatic ring is 1. The van der Waals surface area contributed by atoms with Gasteiger partial charge in [-0.15, -0.1) is 0 Å². The molecule has 0 saturated heterocycles. The third-order valence-corrected chi connectivity index (χ3v) is 3.54. The highest BCUT2D eigenvalue weighted by Crippen LogP contribution is 2.32. The smallest absolute Gasteiger partial charge is 0.137 e. The third-order valence-electron chi connectivity index (χ3n) is 3.54. The standard InChI is InChI=1S/C16H19N3O/c1-20-15-7-8-16(18-10-15)19(14-5-6-14)11-12-3-2-4-13(17)9-12/h2-4,7-10,14H,5-6,11,17H2,1H3. The summed E-state index contributed by atoms with van der Waals surface area (Å²) in [4.78, 5) is 6.84. The second-order valence-corrected chi connectivity index (χ2v) is 5.16. The van der Waals surface area contributed by atoms with Crippen molar-refractivity contribution >= 4 is 11.5 Å². The van der Waals surface area contributed by atoms with Gasteiger partial charge in [-0.25, -0.2) is 4.98 Å². The number of benzene rings is 1. The molecule has 0 bridgehead atoms. The van der Waals surface area contributed by atoms with E-state index in [1.54, 1.807) is 13.3 Å². The molecule has 1 aromatic carbocycles. The summed E-state index contributed by atoms with van der Waals surface area (Å²) in [5.74, 6) is 1.78. The minimum Gasteiger partial charge on any atom is -0.495 e. The molecule has 4 heteroatoms. The highest BCUT2D eigenvalue weighted by molar-refractivity contribution is 5.47. The van der Waals surface area contributed by atoms with Crippen LogP contribution in [0.2, 0.25) is 0 Å². The number of nitrogens with two attached hydrogens (primary N) is 1. The molecule has 1 heterocycles. The number of pyridine rings is 1. The summed E-state index contributed by atoms with van der Waals surface area (Å²) in [7, 11) is 1.65. The van der Waals surface area contributed by atoms with Gasteiger partial charge in [0.2, 0.25) is 0 Å². The van der Waals surface area contributed by atoms with E-state index in [0.29, 0.717) is 6.04 Å². The van der Waals surface area contributed by atoms with Crippen LogP contribution in [0.25, 0.3) is 0 Å². The van der Waals surface area contributed by atoms with Gasteiger partial charge in [-0.05, 0) is 42.7 Å². The Hall–Kier alpha value is -2.23. The Kier molecular flexibility index (Phi) is 3.46. The summed E-state index contributed by atoms with van der Waals surface area (Å²) in [6.07, 6.45) is 4.23. The first-order valence-corrected chi connectivity index (χ1v) is 6.87. The minimum absolute atomic E-state index is 0.595. The SMILES string of the molecule is COc1ccc(N(Cc2cccc(N)c2)C2CC2)nc1. The Morgan fingerprint density at radius 1 is 1.30 bits per heavy atom. The molecule has 1 fully saturated rings. The fourth-order valence-electron chi connectivity index (χ4n) is 2.33. The maximum atomic E-state index is 5.85. The molecule has 0 aliphatic heterocycles. The van der Waals surface area contributed by atoms with E-state index in [2.05, 4.69) is 16.0 Å². The average molecular weight is 269 g/mol. The molecular formula is C16H19N3O. The molecule has 1 saturated carbocycles. The number of rotatable bonds is 5. The normalized spacial score (nSPS) is 14.1. The zero-order valence-corrected chi connectivity index (χ0v) is 11.6. The zero-order valence-electron chi connectivity index (χ0n) is 11.6. The number of methoxy groups -OCH3 is 1. The Balaban J connectivity index is 1.81. The van der Waals surface area contributed by atoms with Gasteiger partial charge in [0.25, 0.3) is 0 Å². The van der Waals surface area contributed by atoms with Crippen LogP contribution >= 0.6 is 0 Å². The largest absolute Gasteiger partial charge is 0.495 e. The third kappa shape index (κ3) is 2.85. The van der Waals surface area contributed by atoms with Gasteiger partial charge in [0.1, 0.15) is 11.6 Å². The summed E-state index contributed by atoms with van der Waals surface area (Å²) >= 11 is 0. The summed E-state index contributed by atoms with van der Waals surface area (Å²) in [5, 5.41) is 0. The lowest BCUT2D eigenvalue weighted by molar-refractivity contribution is 0.413. The van der Waals surface area contributed by atoms with Crippen molar-refractivity contribution in [1.29, 1.82) is 0 Å². The summed E-state index contributed by atoms with van der Waals surface area (Å²) < 4.78 is 5.16. The Bertz CT molecular complexity index is 579. The van der Waals surface area contributed by atoms with Crippen molar-refractivity contribution in [1.82, 2.24) is 4.98 Å². The van der Waals surface area contributed by atoms with Crippen LogP contribution in [0, 0.1) is 0 Å². The van der Waals surface area contributed by atoms with Crippen LogP contribution in [-0.4, -0.2) is 18.1 Å². The van der Waals surface area contributed by atoms with Gasteiger partial charge in [-0.3, -0.25) is 0 Å². The molecule has 4 nitrogen and oxygen atoms in total. The number of nitrogens with zero attached hydrogens (tertiary/aromatic N) is 2. The zero-order chi connectivity index (χ0) is 13.9. The van der Waals surface area contributed by atoms with E-state index in [4.69, 9.17) is 10.5 Å². The molecule has 104 valence electrons. The highest BCUT2D eigenvalue weighted by Gasteiger charge is 2.30. The van der Waals surface area contributed by atoms with Crippen LogP contribution in [0.15, 0.2) is 42.6 Å². The molecular weight excluding hydrogens is 250 g/mol. The molecule has 3 rings (SSSR count). The maximum absolute atomic E-state index is 5.85. The summed E-state index contributed by atoms with van der Waals surface area (Å²) in [6, 6.07) is 12.6. The first kappa shape index (κ1) is 12.8. The second kappa shape index (κ2) is 5.41. The lowest BCUT2D eigenvalue weighted by Gasteiger charge is -2.24. The van der Waals surface area contributed by atoms with Crippen molar-refractivity contribution in [3.8, 4) is 5.75 Å². The number of aromatic nitrogens is 1. The van der Waals surface area contributed by atoms with Crippen LogP contribution in [0.4, 0.5) is 11.5 Å². The molecule has 1 aliphatic rings. The van der Waals surface area contributed by atoms with Crippen molar-refractivity contribution in [3.63, 3.8) is 0 Å². The topological polar surface area (TPSA) is 51.4 Å². The van der Waals surface area contributed by atoms with Gasteiger partial charge in [0.15, 0.2) is 0 Å². The van der Waals surface area contributed by atoms with Crippen molar-refractivity contribution in [3.05, 3.63) is 48.2 Å². The van der Waals surface area contributed by atoms with Crippen LogP contribution in [0.1, 0.15) is 18.4 Å². The Morgan fingerprint density at radius 3 is 2.75 bits per heavy atom. The second-order valence-electron chi connectivity index (χ2n) is 5.16. The van der Waals surface area contributed by atoms with E-state index in [1.807, 2.05) is 30.3 Å². The first-order valence-electron chi connectivity index (χ1n) is 6.87. The number of anilines is 2. The van der Waals surface area contributed by atoms with Crippen molar-refractivity contribution < 1.29 is 4.74 Å². The summed E-state index contributed by atoms with van der Waals surface area (Å²) in [5.41, 5.74) is 7.88.